The van der Waals surface area contributed by atoms with E-state index in [4.69, 9.17) is 5.73 Å². The van der Waals surface area contributed by atoms with Gasteiger partial charge in [-0.1, -0.05) is 6.58 Å². The van der Waals surface area contributed by atoms with E-state index in [0.717, 1.165) is 6.08 Å². The predicted molar refractivity (Wildman–Crippen MR) is 45.5 cm³/mol. The molecule has 0 bridgehead atoms. The normalized spacial score (nSPS) is 11.2. The van der Waals surface area contributed by atoms with Crippen molar-refractivity contribution in [1.82, 2.24) is 10.6 Å². The highest BCUT2D eigenvalue weighted by atomic mass is 16.2. The molecule has 6 heteroatoms. The number of rotatable bonds is 2. The van der Waals surface area contributed by atoms with E-state index in [2.05, 4.69) is 6.58 Å². The average molecular weight is 185 g/mol. The summed E-state index contributed by atoms with van der Waals surface area (Å²) in [5.74, 6) is -1.34. The van der Waals surface area contributed by atoms with Crippen LogP contribution in [0.1, 0.15) is 6.92 Å². The van der Waals surface area contributed by atoms with Gasteiger partial charge in [0, 0.05) is 0 Å². The Hall–Kier alpha value is -1.69. The largest absolute Gasteiger partial charge is 0.328 e. The molecule has 6 nitrogen and oxygen atoms in total. The van der Waals surface area contributed by atoms with Crippen LogP contribution in [0.15, 0.2) is 12.7 Å². The van der Waals surface area contributed by atoms with Crippen molar-refractivity contribution in [1.29, 1.82) is 0 Å². The lowest BCUT2D eigenvalue weighted by atomic mass is 10.3. The van der Waals surface area contributed by atoms with Gasteiger partial charge in [0.1, 0.15) is 0 Å². The lowest BCUT2D eigenvalue weighted by Crippen LogP contribution is -2.47. The number of nitrogens with one attached hydrogen (secondary N) is 2. The second kappa shape index (κ2) is 5.04. The van der Waals surface area contributed by atoms with Gasteiger partial charge in [0.25, 0.3) is 5.91 Å². The highest BCUT2D eigenvalue weighted by Gasteiger charge is 2.12. The van der Waals surface area contributed by atoms with Crippen molar-refractivity contribution in [3.05, 3.63) is 12.7 Å². The van der Waals surface area contributed by atoms with Crippen molar-refractivity contribution < 1.29 is 14.4 Å². The van der Waals surface area contributed by atoms with E-state index in [0.29, 0.717) is 0 Å². The summed E-state index contributed by atoms with van der Waals surface area (Å²) < 4.78 is 0. The third kappa shape index (κ3) is 4.70. The van der Waals surface area contributed by atoms with Gasteiger partial charge in [0.15, 0.2) is 0 Å². The standard InChI is InChI=1S/C7H11N3O3/c1-3-5(11)9-7(13)10-6(12)4(2)8/h3-4H,1,8H2,2H3,(H2,9,10,11,12,13)/t4-/m0/s1. The monoisotopic (exact) mass is 185 g/mol. The minimum Gasteiger partial charge on any atom is -0.320 e. The van der Waals surface area contributed by atoms with Crippen molar-refractivity contribution in [3.8, 4) is 0 Å². The third-order valence-corrected chi connectivity index (χ3v) is 1.07. The molecule has 0 saturated heterocycles. The Labute approximate surface area is 75.2 Å². The molecule has 72 valence electrons. The summed E-state index contributed by atoms with van der Waals surface area (Å²) in [5.41, 5.74) is 5.15. The molecule has 0 rings (SSSR count). The Bertz CT molecular complexity index is 247. The Morgan fingerprint density at radius 1 is 1.38 bits per heavy atom. The van der Waals surface area contributed by atoms with Crippen LogP contribution < -0.4 is 16.4 Å². The van der Waals surface area contributed by atoms with Gasteiger partial charge >= 0.3 is 6.03 Å². The number of hydrogen-bond acceptors (Lipinski definition) is 4. The molecular weight excluding hydrogens is 174 g/mol. The van der Waals surface area contributed by atoms with Gasteiger partial charge < -0.3 is 5.73 Å². The molecule has 0 aliphatic rings. The van der Waals surface area contributed by atoms with Crippen LogP contribution in [0.25, 0.3) is 0 Å². The minimum atomic E-state index is -0.910. The van der Waals surface area contributed by atoms with Crippen LogP contribution in [0.4, 0.5) is 4.79 Å². The Kier molecular flexibility index (Phi) is 4.39. The summed E-state index contributed by atoms with van der Waals surface area (Å²) in [6, 6.07) is -1.71. The van der Waals surface area contributed by atoms with Crippen molar-refractivity contribution in [2.75, 3.05) is 0 Å². The maximum absolute atomic E-state index is 10.8. The molecule has 0 aromatic rings. The highest BCUT2D eigenvalue weighted by Crippen LogP contribution is 1.75. The number of carbonyl (C=O) groups excluding carboxylic acids is 3. The van der Waals surface area contributed by atoms with E-state index in [1.165, 1.54) is 6.92 Å². The molecule has 4 amide bonds. The molecule has 0 aliphatic carbocycles. The fourth-order valence-electron chi connectivity index (χ4n) is 0.420. The van der Waals surface area contributed by atoms with Crippen LogP contribution in [0.2, 0.25) is 0 Å². The first kappa shape index (κ1) is 11.3. The molecule has 0 unspecified atom stereocenters. The molecule has 0 spiro atoms. The number of urea groups is 1. The molecular formula is C7H11N3O3. The molecule has 1 atom stereocenters. The molecule has 0 aromatic carbocycles. The summed E-state index contributed by atoms with van der Waals surface area (Å²) in [6.07, 6.45) is 0.913. The summed E-state index contributed by atoms with van der Waals surface area (Å²) in [6.45, 7) is 4.54. The Balaban J connectivity index is 3.95. The molecule has 0 fully saturated rings. The molecule has 4 N–H and O–H groups in total. The number of hydrogen-bond donors (Lipinski definition) is 3. The first-order chi connectivity index (χ1) is 5.97. The summed E-state index contributed by atoms with van der Waals surface area (Å²) in [7, 11) is 0. The Morgan fingerprint density at radius 2 is 1.92 bits per heavy atom. The van der Waals surface area contributed by atoms with Gasteiger partial charge in [-0.2, -0.15) is 0 Å². The van der Waals surface area contributed by atoms with Gasteiger partial charge in [-0.25, -0.2) is 4.79 Å². The number of nitrogens with two attached hydrogens (primary N) is 1. The van der Waals surface area contributed by atoms with E-state index < -0.39 is 23.9 Å². The summed E-state index contributed by atoms with van der Waals surface area (Å²) in [5, 5.41) is 3.69. The molecule has 0 saturated carbocycles. The molecule has 0 heterocycles. The maximum atomic E-state index is 10.8. The van der Waals surface area contributed by atoms with Crippen molar-refractivity contribution >= 4 is 17.8 Å². The predicted octanol–water partition coefficient (Wildman–Crippen LogP) is -1.13. The Morgan fingerprint density at radius 3 is 2.31 bits per heavy atom. The second-order valence-corrected chi connectivity index (χ2v) is 2.30. The minimum absolute atomic E-state index is 0.658. The average Bonchev–Trinajstić information content (AvgIpc) is 2.03. The zero-order valence-electron chi connectivity index (χ0n) is 7.16. The topological polar surface area (TPSA) is 101 Å². The van der Waals surface area contributed by atoms with Crippen LogP contribution in [-0.2, 0) is 9.59 Å². The quantitative estimate of drug-likeness (QED) is 0.474. The first-order valence-electron chi connectivity index (χ1n) is 3.51. The first-order valence-corrected chi connectivity index (χ1v) is 3.51. The number of amides is 4. The fourth-order valence-corrected chi connectivity index (χ4v) is 0.420. The molecule has 0 aromatic heterocycles. The van der Waals surface area contributed by atoms with Gasteiger partial charge in [0.2, 0.25) is 5.91 Å². The maximum Gasteiger partial charge on any atom is 0.328 e. The van der Waals surface area contributed by atoms with Gasteiger partial charge in [-0.3, -0.25) is 20.2 Å². The van der Waals surface area contributed by atoms with Crippen LogP contribution in [0.3, 0.4) is 0 Å². The van der Waals surface area contributed by atoms with E-state index in [1.54, 1.807) is 0 Å². The molecule has 13 heavy (non-hydrogen) atoms. The fraction of sp³-hybridized carbons (Fsp3) is 0.286. The van der Waals surface area contributed by atoms with Crippen LogP contribution in [0.5, 0.6) is 0 Å². The number of carbonyl (C=O) groups is 3. The number of imide groups is 2. The van der Waals surface area contributed by atoms with Crippen LogP contribution in [0, 0.1) is 0 Å². The van der Waals surface area contributed by atoms with Crippen molar-refractivity contribution in [3.63, 3.8) is 0 Å². The van der Waals surface area contributed by atoms with Gasteiger partial charge in [-0.15, -0.1) is 0 Å². The van der Waals surface area contributed by atoms with Crippen LogP contribution >= 0.6 is 0 Å². The van der Waals surface area contributed by atoms with Crippen LogP contribution in [-0.4, -0.2) is 23.9 Å². The SMILES string of the molecule is C=CC(=O)NC(=O)NC(=O)[C@H](C)N. The highest BCUT2D eigenvalue weighted by molar-refractivity contribution is 6.05. The summed E-state index contributed by atoms with van der Waals surface area (Å²) in [4.78, 5) is 32.1. The smallest absolute Gasteiger partial charge is 0.320 e. The lowest BCUT2D eigenvalue weighted by Gasteiger charge is -2.05. The van der Waals surface area contributed by atoms with Gasteiger partial charge in [0.05, 0.1) is 6.04 Å². The third-order valence-electron chi connectivity index (χ3n) is 1.07. The van der Waals surface area contributed by atoms with E-state index in [-0.39, 0.29) is 0 Å². The summed E-state index contributed by atoms with van der Waals surface area (Å²) >= 11 is 0. The van der Waals surface area contributed by atoms with E-state index in [9.17, 15) is 14.4 Å². The zero-order valence-corrected chi connectivity index (χ0v) is 7.16. The molecule has 0 radical (unpaired) electrons. The van der Waals surface area contributed by atoms with E-state index in [1.807, 2.05) is 10.6 Å². The lowest BCUT2D eigenvalue weighted by molar-refractivity contribution is -0.120. The molecule has 0 aliphatic heterocycles. The van der Waals surface area contributed by atoms with Gasteiger partial charge in [-0.05, 0) is 13.0 Å². The van der Waals surface area contributed by atoms with Crippen molar-refractivity contribution in [2.24, 2.45) is 5.73 Å². The van der Waals surface area contributed by atoms with Crippen molar-refractivity contribution in [2.45, 2.75) is 13.0 Å². The zero-order chi connectivity index (χ0) is 10.4. The van der Waals surface area contributed by atoms with E-state index >= 15 is 0 Å². The second-order valence-electron chi connectivity index (χ2n) is 2.30.